The van der Waals surface area contributed by atoms with Gasteiger partial charge in [0.1, 0.15) is 46.3 Å². The van der Waals surface area contributed by atoms with E-state index in [0.29, 0.717) is 10.8 Å². The highest BCUT2D eigenvalue weighted by molar-refractivity contribution is 7.13. The number of ether oxygens (including phenoxy) is 1. The molecule has 158 valence electrons. The molecule has 1 N–H and O–H groups in total. The summed E-state index contributed by atoms with van der Waals surface area (Å²) in [5, 5.41) is 4.54. The smallest absolute Gasteiger partial charge is 0.271 e. The average Bonchev–Trinajstić information content (AvgIpc) is 3.42. The van der Waals surface area contributed by atoms with Gasteiger partial charge in [0.25, 0.3) is 5.91 Å². The molecule has 2 heterocycles. The summed E-state index contributed by atoms with van der Waals surface area (Å²) in [6, 6.07) is 10.6. The lowest BCUT2D eigenvalue weighted by atomic mass is 10.2. The Hall–Kier alpha value is -3.59. The number of nitrogens with one attached hydrogen (secondary N) is 1. The lowest BCUT2D eigenvalue weighted by Gasteiger charge is -2.08. The molecule has 2 aromatic carbocycles. The van der Waals surface area contributed by atoms with Gasteiger partial charge in [0.2, 0.25) is 0 Å². The van der Waals surface area contributed by atoms with Crippen molar-refractivity contribution in [3.63, 3.8) is 0 Å². The molecule has 4 rings (SSSR count). The second kappa shape index (κ2) is 9.05. The number of thiazole rings is 1. The number of benzene rings is 2. The largest absolute Gasteiger partial charge is 0.489 e. The summed E-state index contributed by atoms with van der Waals surface area (Å²) in [6.07, 6.45) is 1.51. The second-order valence-corrected chi connectivity index (χ2v) is 7.37. The SMILES string of the molecule is O=C(NCc1ccco1)c1csc(-c2ccc(OCc3cc(F)cc(F)c3)cc2F)n1. The Morgan fingerprint density at radius 2 is 1.90 bits per heavy atom. The highest BCUT2D eigenvalue weighted by Crippen LogP contribution is 2.29. The van der Waals surface area contributed by atoms with E-state index in [1.807, 2.05) is 0 Å². The highest BCUT2D eigenvalue weighted by atomic mass is 32.1. The summed E-state index contributed by atoms with van der Waals surface area (Å²) in [5.41, 5.74) is 0.658. The predicted molar refractivity (Wildman–Crippen MR) is 108 cm³/mol. The van der Waals surface area contributed by atoms with Gasteiger partial charge < -0.3 is 14.5 Å². The Balaban J connectivity index is 1.41. The summed E-state index contributed by atoms with van der Waals surface area (Å²) >= 11 is 1.13. The average molecular weight is 444 g/mol. The molecule has 5 nitrogen and oxygen atoms in total. The standard InChI is InChI=1S/C22H15F3N2O3S/c23-14-6-13(7-15(24)8-14)11-30-16-3-4-18(19(25)9-16)22-27-20(12-31-22)21(28)26-10-17-2-1-5-29-17/h1-9,12H,10-11H2,(H,26,28). The first kappa shape index (κ1) is 20.7. The molecule has 0 aliphatic rings. The van der Waals surface area contributed by atoms with E-state index in [2.05, 4.69) is 10.3 Å². The maximum absolute atomic E-state index is 14.6. The molecule has 9 heteroatoms. The Labute approximate surface area is 179 Å². The molecule has 31 heavy (non-hydrogen) atoms. The lowest BCUT2D eigenvalue weighted by molar-refractivity contribution is 0.0944. The van der Waals surface area contributed by atoms with Crippen LogP contribution in [-0.4, -0.2) is 10.9 Å². The van der Waals surface area contributed by atoms with E-state index < -0.39 is 23.4 Å². The van der Waals surface area contributed by atoms with Gasteiger partial charge in [-0.15, -0.1) is 11.3 Å². The van der Waals surface area contributed by atoms with E-state index in [9.17, 15) is 18.0 Å². The zero-order valence-electron chi connectivity index (χ0n) is 15.9. The summed E-state index contributed by atoms with van der Waals surface area (Å²) < 4.78 is 51.6. The Morgan fingerprint density at radius 1 is 1.10 bits per heavy atom. The topological polar surface area (TPSA) is 64.4 Å². The number of aromatic nitrogens is 1. The zero-order chi connectivity index (χ0) is 21.8. The number of amides is 1. The van der Waals surface area contributed by atoms with Gasteiger partial charge in [0.05, 0.1) is 12.8 Å². The summed E-state index contributed by atoms with van der Waals surface area (Å²) in [6.45, 7) is 0.0962. The fourth-order valence-corrected chi connectivity index (χ4v) is 3.62. The van der Waals surface area contributed by atoms with Crippen LogP contribution in [0.1, 0.15) is 21.8 Å². The van der Waals surface area contributed by atoms with Gasteiger partial charge in [-0.05, 0) is 42.0 Å². The van der Waals surface area contributed by atoms with Gasteiger partial charge in [-0.3, -0.25) is 4.79 Å². The van der Waals surface area contributed by atoms with E-state index in [-0.39, 0.29) is 35.7 Å². The number of furan rings is 1. The van der Waals surface area contributed by atoms with Crippen LogP contribution in [0.3, 0.4) is 0 Å². The van der Waals surface area contributed by atoms with Crippen molar-refractivity contribution in [3.8, 4) is 16.3 Å². The van der Waals surface area contributed by atoms with Crippen LogP contribution in [0.4, 0.5) is 13.2 Å². The molecular weight excluding hydrogens is 429 g/mol. The summed E-state index contributed by atoms with van der Waals surface area (Å²) in [4.78, 5) is 16.4. The Morgan fingerprint density at radius 3 is 2.61 bits per heavy atom. The summed E-state index contributed by atoms with van der Waals surface area (Å²) in [7, 11) is 0. The Kier molecular flexibility index (Phi) is 6.03. The van der Waals surface area contributed by atoms with Crippen LogP contribution >= 0.6 is 11.3 Å². The molecule has 0 saturated carbocycles. The van der Waals surface area contributed by atoms with Gasteiger partial charge in [-0.1, -0.05) is 0 Å². The van der Waals surface area contributed by atoms with Crippen molar-refractivity contribution < 1.29 is 27.1 Å². The normalized spacial score (nSPS) is 10.8. The van der Waals surface area contributed by atoms with Crippen LogP contribution in [0.2, 0.25) is 0 Å². The van der Waals surface area contributed by atoms with Gasteiger partial charge in [-0.25, -0.2) is 18.2 Å². The number of nitrogens with zero attached hydrogens (tertiary/aromatic N) is 1. The van der Waals surface area contributed by atoms with Crippen molar-refractivity contribution in [2.24, 2.45) is 0 Å². The molecule has 0 saturated heterocycles. The van der Waals surface area contributed by atoms with Crippen molar-refractivity contribution in [1.29, 1.82) is 0 Å². The maximum Gasteiger partial charge on any atom is 0.271 e. The van der Waals surface area contributed by atoms with E-state index >= 15 is 0 Å². The molecular formula is C22H15F3N2O3S. The van der Waals surface area contributed by atoms with E-state index in [0.717, 1.165) is 35.6 Å². The maximum atomic E-state index is 14.6. The van der Waals surface area contributed by atoms with E-state index in [4.69, 9.17) is 9.15 Å². The van der Waals surface area contributed by atoms with Crippen molar-refractivity contribution in [2.75, 3.05) is 0 Å². The molecule has 0 fully saturated rings. The molecule has 0 radical (unpaired) electrons. The first-order valence-corrected chi connectivity index (χ1v) is 10.00. The third kappa shape index (κ3) is 5.13. The quantitative estimate of drug-likeness (QED) is 0.419. The number of halogens is 3. The molecule has 2 aromatic heterocycles. The van der Waals surface area contributed by atoms with Crippen LogP contribution in [0.5, 0.6) is 5.75 Å². The minimum Gasteiger partial charge on any atom is -0.489 e. The van der Waals surface area contributed by atoms with Crippen molar-refractivity contribution in [1.82, 2.24) is 10.3 Å². The van der Waals surface area contributed by atoms with E-state index in [1.165, 1.54) is 23.8 Å². The number of carbonyl (C=O) groups excluding carboxylic acids is 1. The minimum atomic E-state index is -0.715. The van der Waals surface area contributed by atoms with Crippen molar-refractivity contribution in [2.45, 2.75) is 13.2 Å². The summed E-state index contributed by atoms with van der Waals surface area (Å²) in [5.74, 6) is -1.63. The monoisotopic (exact) mass is 444 g/mol. The number of hydrogen-bond donors (Lipinski definition) is 1. The van der Waals surface area contributed by atoms with Crippen LogP contribution in [-0.2, 0) is 13.2 Å². The first-order valence-electron chi connectivity index (χ1n) is 9.12. The first-order chi connectivity index (χ1) is 15.0. The van der Waals surface area contributed by atoms with Gasteiger partial charge in [0.15, 0.2) is 0 Å². The van der Waals surface area contributed by atoms with Gasteiger partial charge in [-0.2, -0.15) is 0 Å². The third-order valence-electron chi connectivity index (χ3n) is 4.24. The fraction of sp³-hybridized carbons (Fsp3) is 0.0909. The van der Waals surface area contributed by atoms with E-state index in [1.54, 1.807) is 12.1 Å². The molecule has 0 atom stereocenters. The minimum absolute atomic E-state index is 0.120. The molecule has 0 bridgehead atoms. The van der Waals surface area contributed by atoms with Crippen molar-refractivity contribution >= 4 is 17.2 Å². The molecule has 0 unspecified atom stereocenters. The number of hydrogen-bond acceptors (Lipinski definition) is 5. The molecule has 0 aliphatic carbocycles. The second-order valence-electron chi connectivity index (χ2n) is 6.51. The number of carbonyl (C=O) groups is 1. The van der Waals surface area contributed by atoms with Crippen molar-refractivity contribution in [3.05, 3.63) is 94.6 Å². The molecule has 1 amide bonds. The van der Waals surface area contributed by atoms with Crippen LogP contribution in [0.25, 0.3) is 10.6 Å². The van der Waals surface area contributed by atoms with Crippen LogP contribution in [0, 0.1) is 17.5 Å². The van der Waals surface area contributed by atoms with Gasteiger partial charge >= 0.3 is 0 Å². The third-order valence-corrected chi connectivity index (χ3v) is 5.11. The zero-order valence-corrected chi connectivity index (χ0v) is 16.7. The molecule has 0 aliphatic heterocycles. The Bertz CT molecular complexity index is 1190. The lowest BCUT2D eigenvalue weighted by Crippen LogP contribution is -2.22. The van der Waals surface area contributed by atoms with Gasteiger partial charge in [0, 0.05) is 23.1 Å². The number of rotatable bonds is 7. The molecule has 0 spiro atoms. The predicted octanol–water partition coefficient (Wildman–Crippen LogP) is 5.33. The van der Waals surface area contributed by atoms with Crippen LogP contribution < -0.4 is 10.1 Å². The van der Waals surface area contributed by atoms with Crippen LogP contribution in [0.15, 0.2) is 64.6 Å². The highest BCUT2D eigenvalue weighted by Gasteiger charge is 2.15. The fourth-order valence-electron chi connectivity index (χ4n) is 2.79. The molecule has 4 aromatic rings.